The molecule has 0 saturated carbocycles. The fourth-order valence-electron chi connectivity index (χ4n) is 3.89. The number of hydrogen-bond acceptors (Lipinski definition) is 3. The van der Waals surface area contributed by atoms with E-state index in [2.05, 4.69) is 5.10 Å². The van der Waals surface area contributed by atoms with Gasteiger partial charge in [-0.15, -0.1) is 0 Å². The molecule has 140 valence electrons. The van der Waals surface area contributed by atoms with E-state index in [1.807, 2.05) is 49.3 Å². The van der Waals surface area contributed by atoms with E-state index in [1.54, 1.807) is 10.9 Å². The first-order valence-electron chi connectivity index (χ1n) is 9.82. The second kappa shape index (κ2) is 7.51. The van der Waals surface area contributed by atoms with Crippen molar-refractivity contribution >= 4 is 16.8 Å². The predicted octanol–water partition coefficient (Wildman–Crippen LogP) is 4.35. The van der Waals surface area contributed by atoms with Gasteiger partial charge in [-0.3, -0.25) is 9.48 Å². The summed E-state index contributed by atoms with van der Waals surface area (Å²) >= 11 is 0. The minimum Gasteiger partial charge on any atom is -0.339 e. The number of amides is 1. The van der Waals surface area contributed by atoms with Gasteiger partial charge in [-0.05, 0) is 31.4 Å². The van der Waals surface area contributed by atoms with Crippen LogP contribution in [0.3, 0.4) is 0 Å². The second-order valence-corrected chi connectivity index (χ2v) is 7.49. The number of hydrogen-bond donors (Lipinski definition) is 0. The van der Waals surface area contributed by atoms with Crippen molar-refractivity contribution in [2.24, 2.45) is 7.05 Å². The van der Waals surface area contributed by atoms with Crippen molar-refractivity contribution < 1.29 is 4.79 Å². The van der Waals surface area contributed by atoms with E-state index in [4.69, 9.17) is 4.98 Å². The topological polar surface area (TPSA) is 51.0 Å². The van der Waals surface area contributed by atoms with Gasteiger partial charge in [0.1, 0.15) is 0 Å². The lowest BCUT2D eigenvalue weighted by Gasteiger charge is -2.25. The Kier molecular flexibility index (Phi) is 4.92. The highest BCUT2D eigenvalue weighted by Crippen LogP contribution is 2.28. The zero-order chi connectivity index (χ0) is 18.8. The summed E-state index contributed by atoms with van der Waals surface area (Å²) in [5.41, 5.74) is 4.47. The molecule has 1 amide bonds. The number of fused-ring (bicyclic) bond motifs is 1. The number of pyridine rings is 1. The van der Waals surface area contributed by atoms with Crippen molar-refractivity contribution in [2.45, 2.75) is 39.0 Å². The molecule has 0 radical (unpaired) electrons. The molecule has 3 aromatic rings. The molecule has 27 heavy (non-hydrogen) atoms. The van der Waals surface area contributed by atoms with Gasteiger partial charge in [-0.2, -0.15) is 5.10 Å². The number of carbonyl (C=O) groups excluding carboxylic acids is 1. The number of carbonyl (C=O) groups is 1. The van der Waals surface area contributed by atoms with E-state index in [1.165, 1.54) is 19.3 Å². The number of para-hydroxylation sites is 1. The van der Waals surface area contributed by atoms with Crippen LogP contribution in [-0.4, -0.2) is 38.7 Å². The van der Waals surface area contributed by atoms with Crippen LogP contribution in [0, 0.1) is 6.92 Å². The lowest BCUT2D eigenvalue weighted by molar-refractivity contribution is 0.0744. The molecular weight excluding hydrogens is 336 g/mol. The summed E-state index contributed by atoms with van der Waals surface area (Å²) in [6, 6.07) is 8.01. The van der Waals surface area contributed by atoms with Crippen LogP contribution in [0.15, 0.2) is 36.7 Å². The molecule has 0 N–H and O–H groups in total. The molecular formula is C22H26N4O. The Balaban J connectivity index is 1.82. The molecule has 2 aromatic heterocycles. The molecule has 1 saturated heterocycles. The summed E-state index contributed by atoms with van der Waals surface area (Å²) in [5.74, 6) is 0.125. The standard InChI is InChI=1S/C22H26N4O/c1-16-9-8-10-18-19(22(27)26-11-6-4-3-5-7-12-26)13-20(24-21(16)18)17-14-23-25(2)15-17/h8-10,13-15H,3-7,11-12H2,1-2H3. The largest absolute Gasteiger partial charge is 0.339 e. The number of aryl methyl sites for hydroxylation is 2. The summed E-state index contributed by atoms with van der Waals surface area (Å²) in [5, 5.41) is 5.20. The fraction of sp³-hybridized carbons (Fsp3) is 0.409. The Bertz CT molecular complexity index is 968. The van der Waals surface area contributed by atoms with Gasteiger partial charge in [0.15, 0.2) is 0 Å². The highest BCUT2D eigenvalue weighted by atomic mass is 16.2. The molecule has 0 atom stereocenters. The molecule has 4 rings (SSSR count). The minimum atomic E-state index is 0.125. The van der Waals surface area contributed by atoms with Crippen molar-refractivity contribution in [3.8, 4) is 11.3 Å². The molecule has 0 aliphatic carbocycles. The van der Waals surface area contributed by atoms with E-state index in [9.17, 15) is 4.79 Å². The molecule has 1 aliphatic rings. The summed E-state index contributed by atoms with van der Waals surface area (Å²) in [6.45, 7) is 3.74. The molecule has 0 bridgehead atoms. The maximum absolute atomic E-state index is 13.5. The van der Waals surface area contributed by atoms with Gasteiger partial charge >= 0.3 is 0 Å². The lowest BCUT2D eigenvalue weighted by atomic mass is 10.0. The lowest BCUT2D eigenvalue weighted by Crippen LogP contribution is -2.34. The van der Waals surface area contributed by atoms with Gasteiger partial charge in [0.2, 0.25) is 0 Å². The third-order valence-corrected chi connectivity index (χ3v) is 5.42. The second-order valence-electron chi connectivity index (χ2n) is 7.49. The Hall–Kier alpha value is -2.69. The average Bonchev–Trinajstić information content (AvgIpc) is 3.07. The molecule has 5 heteroatoms. The van der Waals surface area contributed by atoms with Gasteiger partial charge in [-0.25, -0.2) is 4.98 Å². The Morgan fingerprint density at radius 2 is 1.81 bits per heavy atom. The first-order chi connectivity index (χ1) is 13.1. The average molecular weight is 362 g/mol. The van der Waals surface area contributed by atoms with E-state index in [0.717, 1.165) is 59.2 Å². The molecule has 1 fully saturated rings. The van der Waals surface area contributed by atoms with Crippen LogP contribution in [0.2, 0.25) is 0 Å². The zero-order valence-corrected chi connectivity index (χ0v) is 16.1. The number of rotatable bonds is 2. The quantitative estimate of drug-likeness (QED) is 0.681. The number of benzene rings is 1. The van der Waals surface area contributed by atoms with Crippen LogP contribution in [0.5, 0.6) is 0 Å². The molecule has 5 nitrogen and oxygen atoms in total. The fourth-order valence-corrected chi connectivity index (χ4v) is 3.89. The normalized spacial score (nSPS) is 15.6. The Morgan fingerprint density at radius 3 is 2.52 bits per heavy atom. The van der Waals surface area contributed by atoms with Crippen LogP contribution >= 0.6 is 0 Å². The van der Waals surface area contributed by atoms with Crippen molar-refractivity contribution in [1.29, 1.82) is 0 Å². The van der Waals surface area contributed by atoms with E-state index in [0.29, 0.717) is 0 Å². The third-order valence-electron chi connectivity index (χ3n) is 5.42. The van der Waals surface area contributed by atoms with Gasteiger partial charge < -0.3 is 4.90 Å². The van der Waals surface area contributed by atoms with Crippen molar-refractivity contribution in [1.82, 2.24) is 19.7 Å². The van der Waals surface area contributed by atoms with Gasteiger partial charge in [0, 0.05) is 37.3 Å². The van der Waals surface area contributed by atoms with E-state index >= 15 is 0 Å². The van der Waals surface area contributed by atoms with Gasteiger partial charge in [0.05, 0.1) is 23.0 Å². The zero-order valence-electron chi connectivity index (χ0n) is 16.1. The first-order valence-corrected chi connectivity index (χ1v) is 9.82. The number of nitrogens with zero attached hydrogens (tertiary/aromatic N) is 4. The van der Waals surface area contributed by atoms with Crippen molar-refractivity contribution in [3.63, 3.8) is 0 Å². The molecule has 3 heterocycles. The third kappa shape index (κ3) is 3.59. The number of aromatic nitrogens is 3. The minimum absolute atomic E-state index is 0.125. The van der Waals surface area contributed by atoms with Crippen LogP contribution in [-0.2, 0) is 7.05 Å². The Morgan fingerprint density at radius 1 is 1.07 bits per heavy atom. The van der Waals surface area contributed by atoms with Crippen LogP contribution in [0.1, 0.15) is 48.0 Å². The van der Waals surface area contributed by atoms with Crippen molar-refractivity contribution in [2.75, 3.05) is 13.1 Å². The summed E-state index contributed by atoms with van der Waals surface area (Å²) in [6.07, 6.45) is 9.62. The monoisotopic (exact) mass is 362 g/mol. The SMILES string of the molecule is Cc1cccc2c(C(=O)N3CCCCCCC3)cc(-c3cnn(C)c3)nc12. The van der Waals surface area contributed by atoms with E-state index < -0.39 is 0 Å². The van der Waals surface area contributed by atoms with Crippen LogP contribution in [0.25, 0.3) is 22.2 Å². The van der Waals surface area contributed by atoms with Crippen molar-refractivity contribution in [3.05, 3.63) is 47.8 Å². The number of likely N-dealkylation sites (tertiary alicyclic amines) is 1. The maximum Gasteiger partial charge on any atom is 0.254 e. The van der Waals surface area contributed by atoms with Crippen LogP contribution in [0.4, 0.5) is 0 Å². The van der Waals surface area contributed by atoms with Gasteiger partial charge in [0.25, 0.3) is 5.91 Å². The smallest absolute Gasteiger partial charge is 0.254 e. The predicted molar refractivity (Wildman–Crippen MR) is 108 cm³/mol. The first kappa shape index (κ1) is 17.7. The van der Waals surface area contributed by atoms with E-state index in [-0.39, 0.29) is 5.91 Å². The van der Waals surface area contributed by atoms with Crippen LogP contribution < -0.4 is 0 Å². The molecule has 1 aliphatic heterocycles. The highest BCUT2D eigenvalue weighted by molar-refractivity contribution is 6.07. The maximum atomic E-state index is 13.5. The molecule has 1 aromatic carbocycles. The molecule has 0 unspecified atom stereocenters. The van der Waals surface area contributed by atoms with Gasteiger partial charge in [-0.1, -0.05) is 37.5 Å². The summed E-state index contributed by atoms with van der Waals surface area (Å²) < 4.78 is 1.76. The summed E-state index contributed by atoms with van der Waals surface area (Å²) in [7, 11) is 1.89. The summed E-state index contributed by atoms with van der Waals surface area (Å²) in [4.78, 5) is 20.3. The highest BCUT2D eigenvalue weighted by Gasteiger charge is 2.21. The Labute approximate surface area is 160 Å². The molecule has 0 spiro atoms.